The number of ether oxygens (including phenoxy) is 2. The van der Waals surface area contributed by atoms with E-state index in [1.807, 2.05) is 26.0 Å². The van der Waals surface area contributed by atoms with Crippen molar-refractivity contribution in [3.05, 3.63) is 52.5 Å². The van der Waals surface area contributed by atoms with Crippen LogP contribution in [0, 0.1) is 5.92 Å². The molecule has 4 rings (SSSR count). The fourth-order valence-electron chi connectivity index (χ4n) is 4.02. The van der Waals surface area contributed by atoms with Gasteiger partial charge in [-0.3, -0.25) is 4.90 Å². The maximum Gasteiger partial charge on any atom is 0.417 e. The van der Waals surface area contributed by atoms with Crippen molar-refractivity contribution in [1.29, 1.82) is 0 Å². The molecule has 1 N–H and O–H groups in total. The van der Waals surface area contributed by atoms with Crippen LogP contribution in [0.15, 0.2) is 36.4 Å². The van der Waals surface area contributed by atoms with Crippen LogP contribution in [0.2, 0.25) is 5.02 Å². The van der Waals surface area contributed by atoms with Gasteiger partial charge >= 0.3 is 6.18 Å². The van der Waals surface area contributed by atoms with E-state index in [2.05, 4.69) is 5.32 Å². The Hall–Kier alpha value is -2.19. The number of hydrogen-bond donors (Lipinski definition) is 1. The van der Waals surface area contributed by atoms with Crippen molar-refractivity contribution in [1.82, 2.24) is 5.32 Å². The number of rotatable bonds is 2. The van der Waals surface area contributed by atoms with E-state index in [1.54, 1.807) is 18.1 Å². The molecule has 0 radical (unpaired) electrons. The van der Waals surface area contributed by atoms with Gasteiger partial charge in [0.1, 0.15) is 0 Å². The van der Waals surface area contributed by atoms with E-state index in [4.69, 9.17) is 33.3 Å². The highest BCUT2D eigenvalue weighted by atomic mass is 35.5. The van der Waals surface area contributed by atoms with Gasteiger partial charge in [0.25, 0.3) is 0 Å². The molecule has 2 aliphatic rings. The van der Waals surface area contributed by atoms with Crippen molar-refractivity contribution < 1.29 is 22.6 Å². The monoisotopic (exact) mass is 442 g/mol. The fourth-order valence-corrected chi connectivity index (χ4v) is 4.66. The molecule has 29 heavy (non-hydrogen) atoms. The lowest BCUT2D eigenvalue weighted by Gasteiger charge is -2.56. The number of nitrogens with zero attached hydrogens (tertiary/aromatic N) is 1. The highest BCUT2D eigenvalue weighted by molar-refractivity contribution is 7.80. The second-order valence-corrected chi connectivity index (χ2v) is 8.04. The fraction of sp³-hybridized carbons (Fsp3) is 0.350. The Kier molecular flexibility index (Phi) is 4.62. The lowest BCUT2D eigenvalue weighted by molar-refractivity contribution is -0.137. The third-order valence-electron chi connectivity index (χ3n) is 5.66. The normalized spacial score (nSPS) is 25.8. The topological polar surface area (TPSA) is 33.7 Å². The molecule has 0 saturated carbocycles. The van der Waals surface area contributed by atoms with Gasteiger partial charge in [-0.2, -0.15) is 13.2 Å². The Labute approximate surface area is 176 Å². The van der Waals surface area contributed by atoms with E-state index >= 15 is 0 Å². The molecule has 2 heterocycles. The minimum Gasteiger partial charge on any atom is -0.493 e. The number of alkyl halides is 3. The van der Waals surface area contributed by atoms with Gasteiger partial charge in [-0.05, 0) is 43.4 Å². The van der Waals surface area contributed by atoms with Crippen LogP contribution in [0.1, 0.15) is 31.0 Å². The number of methoxy groups -OCH3 is 1. The average molecular weight is 443 g/mol. The molecule has 0 aliphatic carbocycles. The van der Waals surface area contributed by atoms with E-state index < -0.39 is 17.5 Å². The van der Waals surface area contributed by atoms with Crippen molar-refractivity contribution in [2.45, 2.75) is 31.8 Å². The standard InChI is InChI=1S/C20H18ClF3N2O2S/c1-10-16-12-5-4-6-15(27-3)17(12)28-19(10,2)26(18(29)25-16)11-7-8-14(21)13(9-11)20(22,23)24/h4-10,16H,1-3H3,(H,25,29)/t10-,16+,19-/m0/s1. The lowest BCUT2D eigenvalue weighted by Crippen LogP contribution is -2.69. The number of fused-ring (bicyclic) bond motifs is 4. The summed E-state index contributed by atoms with van der Waals surface area (Å²) >= 11 is 11.3. The Balaban J connectivity index is 1.87. The van der Waals surface area contributed by atoms with Crippen LogP contribution in [-0.4, -0.2) is 17.9 Å². The van der Waals surface area contributed by atoms with Crippen LogP contribution in [-0.2, 0) is 6.18 Å². The Morgan fingerprint density at radius 3 is 2.66 bits per heavy atom. The molecule has 0 spiro atoms. The molecule has 2 bridgehead atoms. The van der Waals surface area contributed by atoms with Gasteiger partial charge in [-0.1, -0.05) is 30.7 Å². The summed E-state index contributed by atoms with van der Waals surface area (Å²) < 4.78 is 52.1. The average Bonchev–Trinajstić information content (AvgIpc) is 2.64. The highest BCUT2D eigenvalue weighted by Gasteiger charge is 2.54. The SMILES string of the molecule is COc1cccc2c1O[C@@]1(C)[C@@H](C)[C@H]2NC(=S)N1c1ccc(Cl)c(C(F)(F)F)c1. The van der Waals surface area contributed by atoms with E-state index in [0.717, 1.165) is 11.6 Å². The van der Waals surface area contributed by atoms with Gasteiger partial charge in [0, 0.05) is 17.2 Å². The van der Waals surface area contributed by atoms with Gasteiger partial charge in [-0.15, -0.1) is 0 Å². The minimum atomic E-state index is -4.59. The molecule has 154 valence electrons. The van der Waals surface area contributed by atoms with Gasteiger partial charge in [0.2, 0.25) is 0 Å². The Bertz CT molecular complexity index is 1000. The van der Waals surface area contributed by atoms with E-state index in [-0.39, 0.29) is 27.8 Å². The molecular formula is C20H18ClF3N2O2S. The second-order valence-electron chi connectivity index (χ2n) is 7.25. The second kappa shape index (κ2) is 6.67. The number of halogens is 4. The number of para-hydroxylation sites is 1. The smallest absolute Gasteiger partial charge is 0.417 e. The molecule has 0 aromatic heterocycles. The van der Waals surface area contributed by atoms with E-state index in [1.165, 1.54) is 12.1 Å². The van der Waals surface area contributed by atoms with Crippen molar-refractivity contribution in [2.24, 2.45) is 5.92 Å². The summed E-state index contributed by atoms with van der Waals surface area (Å²) in [4.78, 5) is 1.57. The zero-order chi connectivity index (χ0) is 21.1. The van der Waals surface area contributed by atoms with E-state index in [0.29, 0.717) is 11.5 Å². The number of thiocarbonyl (C=S) groups is 1. The third-order valence-corrected chi connectivity index (χ3v) is 6.29. The summed E-state index contributed by atoms with van der Waals surface area (Å²) in [5.41, 5.74) is -0.828. The molecule has 2 aliphatic heterocycles. The Morgan fingerprint density at radius 2 is 2.00 bits per heavy atom. The molecular weight excluding hydrogens is 425 g/mol. The summed E-state index contributed by atoms with van der Waals surface area (Å²) in [6, 6.07) is 9.12. The zero-order valence-corrected chi connectivity index (χ0v) is 17.4. The third kappa shape index (κ3) is 3.00. The quantitative estimate of drug-likeness (QED) is 0.617. The van der Waals surface area contributed by atoms with Crippen LogP contribution in [0.25, 0.3) is 0 Å². The van der Waals surface area contributed by atoms with Crippen LogP contribution in [0.3, 0.4) is 0 Å². The molecule has 3 atom stereocenters. The number of benzene rings is 2. The van der Waals surface area contributed by atoms with Gasteiger partial charge in [0.05, 0.1) is 23.7 Å². The minimum absolute atomic E-state index is 0.140. The number of hydrogen-bond acceptors (Lipinski definition) is 3. The van der Waals surface area contributed by atoms with Crippen molar-refractivity contribution in [2.75, 3.05) is 12.0 Å². The van der Waals surface area contributed by atoms with Crippen molar-refractivity contribution in [3.8, 4) is 11.5 Å². The molecule has 2 aromatic rings. The van der Waals surface area contributed by atoms with E-state index in [9.17, 15) is 13.2 Å². The maximum absolute atomic E-state index is 13.4. The first-order chi connectivity index (χ1) is 13.6. The predicted molar refractivity (Wildman–Crippen MR) is 109 cm³/mol. The van der Waals surface area contributed by atoms with Gasteiger partial charge < -0.3 is 14.8 Å². The first-order valence-corrected chi connectivity index (χ1v) is 9.70. The Morgan fingerprint density at radius 1 is 1.28 bits per heavy atom. The summed E-state index contributed by atoms with van der Waals surface area (Å²) in [5, 5.41) is 3.17. The first-order valence-electron chi connectivity index (χ1n) is 8.91. The predicted octanol–water partition coefficient (Wildman–Crippen LogP) is 5.55. The molecule has 1 fully saturated rings. The highest BCUT2D eigenvalue weighted by Crippen LogP contribution is 2.52. The largest absolute Gasteiger partial charge is 0.493 e. The molecule has 2 aromatic carbocycles. The maximum atomic E-state index is 13.4. The van der Waals surface area contributed by atoms with Crippen LogP contribution >= 0.6 is 23.8 Å². The first kappa shape index (κ1) is 20.1. The summed E-state index contributed by atoms with van der Waals surface area (Å²) in [6.45, 7) is 3.78. The zero-order valence-electron chi connectivity index (χ0n) is 15.8. The molecule has 0 amide bonds. The molecule has 1 saturated heterocycles. The number of nitrogens with one attached hydrogen (secondary N) is 1. The van der Waals surface area contributed by atoms with Gasteiger partial charge in [0.15, 0.2) is 22.3 Å². The summed E-state index contributed by atoms with van der Waals surface area (Å²) in [6.07, 6.45) is -4.59. The van der Waals surface area contributed by atoms with Crippen molar-refractivity contribution in [3.63, 3.8) is 0 Å². The molecule has 9 heteroatoms. The summed E-state index contributed by atoms with van der Waals surface area (Å²) in [5.74, 6) is 0.955. The summed E-state index contributed by atoms with van der Waals surface area (Å²) in [7, 11) is 1.54. The van der Waals surface area contributed by atoms with Crippen LogP contribution in [0.4, 0.5) is 18.9 Å². The van der Waals surface area contributed by atoms with Gasteiger partial charge in [-0.25, -0.2) is 0 Å². The number of anilines is 1. The van der Waals surface area contributed by atoms with Crippen LogP contribution < -0.4 is 19.7 Å². The lowest BCUT2D eigenvalue weighted by atomic mass is 9.80. The molecule has 4 nitrogen and oxygen atoms in total. The van der Waals surface area contributed by atoms with Crippen molar-refractivity contribution >= 4 is 34.6 Å². The van der Waals surface area contributed by atoms with Crippen LogP contribution in [0.5, 0.6) is 11.5 Å². The molecule has 0 unspecified atom stereocenters.